The molecule has 20 heavy (non-hydrogen) atoms. The largest absolute Gasteiger partial charge is 0.481 e. The summed E-state index contributed by atoms with van der Waals surface area (Å²) < 4.78 is 10.8. The number of carboxylic acid groups (broad SMARTS) is 1. The molecule has 0 radical (unpaired) electrons. The Morgan fingerprint density at radius 3 is 2.40 bits per heavy atom. The third-order valence-electron chi connectivity index (χ3n) is 3.98. The highest BCUT2D eigenvalue weighted by Gasteiger charge is 2.36. The average Bonchev–Trinajstić information content (AvgIpc) is 2.46. The maximum atomic E-state index is 12.4. The minimum atomic E-state index is -0.851. The number of nitrogens with zero attached hydrogens (tertiary/aromatic N) is 1. The lowest BCUT2D eigenvalue weighted by Crippen LogP contribution is -2.51. The van der Waals surface area contributed by atoms with Crippen molar-refractivity contribution < 1.29 is 24.2 Å². The van der Waals surface area contributed by atoms with Gasteiger partial charge in [0, 0.05) is 20.2 Å². The molecule has 1 fully saturated rings. The van der Waals surface area contributed by atoms with Gasteiger partial charge in [-0.25, -0.2) is 0 Å². The van der Waals surface area contributed by atoms with E-state index in [4.69, 9.17) is 14.6 Å². The Morgan fingerprint density at radius 2 is 1.95 bits per heavy atom. The molecule has 0 aromatic heterocycles. The lowest BCUT2D eigenvalue weighted by Gasteiger charge is -2.37. The van der Waals surface area contributed by atoms with Gasteiger partial charge in [0.15, 0.2) is 0 Å². The maximum Gasteiger partial charge on any atom is 0.305 e. The molecule has 1 amide bonds. The molecule has 0 aromatic carbocycles. The Kier molecular flexibility index (Phi) is 6.42. The van der Waals surface area contributed by atoms with Crippen LogP contribution in [0.2, 0.25) is 0 Å². The molecule has 1 aliphatic rings. The fourth-order valence-corrected chi connectivity index (χ4v) is 2.26. The first kappa shape index (κ1) is 16.9. The summed E-state index contributed by atoms with van der Waals surface area (Å²) in [6.45, 7) is 5.25. The zero-order chi connectivity index (χ0) is 15.2. The van der Waals surface area contributed by atoms with Crippen LogP contribution in [0.5, 0.6) is 0 Å². The van der Waals surface area contributed by atoms with Crippen LogP contribution in [0.15, 0.2) is 0 Å². The second-order valence-corrected chi connectivity index (χ2v) is 5.29. The second-order valence-electron chi connectivity index (χ2n) is 5.29. The molecule has 0 saturated carbocycles. The molecule has 0 spiro atoms. The van der Waals surface area contributed by atoms with Gasteiger partial charge in [0.1, 0.15) is 5.60 Å². The first-order chi connectivity index (χ1) is 9.42. The van der Waals surface area contributed by atoms with E-state index < -0.39 is 11.6 Å². The molecule has 1 aliphatic heterocycles. The molecule has 116 valence electrons. The van der Waals surface area contributed by atoms with Crippen molar-refractivity contribution in [2.75, 3.05) is 26.8 Å². The number of methoxy groups -OCH3 is 1. The molecule has 0 aromatic rings. The predicted octanol–water partition coefficient (Wildman–Crippen LogP) is 1.28. The monoisotopic (exact) mass is 287 g/mol. The summed E-state index contributed by atoms with van der Waals surface area (Å²) in [6.07, 6.45) is 2.20. The van der Waals surface area contributed by atoms with Crippen molar-refractivity contribution >= 4 is 11.9 Å². The third kappa shape index (κ3) is 4.45. The van der Waals surface area contributed by atoms with Crippen molar-refractivity contribution in [1.82, 2.24) is 4.90 Å². The molecule has 1 rings (SSSR count). The molecular weight excluding hydrogens is 262 g/mol. The summed E-state index contributed by atoms with van der Waals surface area (Å²) in [7, 11) is 1.56. The van der Waals surface area contributed by atoms with E-state index in [1.165, 1.54) is 0 Å². The lowest BCUT2D eigenvalue weighted by atomic mass is 9.99. The third-order valence-corrected chi connectivity index (χ3v) is 3.98. The Bertz CT molecular complexity index is 332. The first-order valence-electron chi connectivity index (χ1n) is 7.11. The molecule has 1 heterocycles. The summed E-state index contributed by atoms with van der Waals surface area (Å²) in [6, 6.07) is 0. The Balaban J connectivity index is 2.38. The topological polar surface area (TPSA) is 76.1 Å². The number of likely N-dealkylation sites (tertiary alicyclic amines) is 1. The highest BCUT2D eigenvalue weighted by molar-refractivity contribution is 5.84. The van der Waals surface area contributed by atoms with E-state index in [2.05, 4.69) is 0 Å². The summed E-state index contributed by atoms with van der Waals surface area (Å²) >= 11 is 0. The first-order valence-corrected chi connectivity index (χ1v) is 7.11. The number of amides is 1. The summed E-state index contributed by atoms with van der Waals surface area (Å²) in [5, 5.41) is 8.55. The van der Waals surface area contributed by atoms with E-state index in [0.29, 0.717) is 19.5 Å². The van der Waals surface area contributed by atoms with E-state index in [9.17, 15) is 9.59 Å². The second kappa shape index (κ2) is 7.59. The molecule has 1 atom stereocenters. The Labute approximate surface area is 120 Å². The number of carbonyl (C=O) groups is 2. The zero-order valence-electron chi connectivity index (χ0n) is 12.6. The summed E-state index contributed by atoms with van der Waals surface area (Å²) in [4.78, 5) is 24.6. The SMILES string of the molecule is CCC(C)(OC)C(=O)N1CCC(OCCC(=O)O)CC1. The van der Waals surface area contributed by atoms with Crippen LogP contribution < -0.4 is 0 Å². The minimum Gasteiger partial charge on any atom is -0.481 e. The van der Waals surface area contributed by atoms with Gasteiger partial charge in [-0.3, -0.25) is 9.59 Å². The fraction of sp³-hybridized carbons (Fsp3) is 0.857. The van der Waals surface area contributed by atoms with Crippen molar-refractivity contribution in [3.8, 4) is 0 Å². The number of aliphatic carboxylic acids is 1. The quantitative estimate of drug-likeness (QED) is 0.763. The minimum absolute atomic E-state index is 0.0199. The van der Waals surface area contributed by atoms with Gasteiger partial charge in [0.25, 0.3) is 5.91 Å². The molecule has 1 saturated heterocycles. The van der Waals surface area contributed by atoms with E-state index in [-0.39, 0.29) is 25.0 Å². The molecule has 6 nitrogen and oxygen atoms in total. The Morgan fingerprint density at radius 1 is 1.35 bits per heavy atom. The van der Waals surface area contributed by atoms with Gasteiger partial charge in [-0.1, -0.05) is 6.92 Å². The summed E-state index contributed by atoms with van der Waals surface area (Å²) in [5.74, 6) is -0.831. The van der Waals surface area contributed by atoms with Crippen molar-refractivity contribution in [3.05, 3.63) is 0 Å². The maximum absolute atomic E-state index is 12.4. The fourth-order valence-electron chi connectivity index (χ4n) is 2.26. The van der Waals surface area contributed by atoms with Crippen LogP contribution >= 0.6 is 0 Å². The van der Waals surface area contributed by atoms with Gasteiger partial charge in [-0.05, 0) is 26.2 Å². The molecule has 6 heteroatoms. The molecule has 1 N–H and O–H groups in total. The smallest absolute Gasteiger partial charge is 0.305 e. The number of piperidine rings is 1. The van der Waals surface area contributed by atoms with Crippen molar-refractivity contribution in [2.24, 2.45) is 0 Å². The van der Waals surface area contributed by atoms with Crippen LogP contribution in [0.25, 0.3) is 0 Å². The molecular formula is C14H25NO5. The standard InChI is InChI=1S/C14H25NO5/c1-4-14(2,19-3)13(18)15-8-5-11(6-9-15)20-10-7-12(16)17/h11H,4-10H2,1-3H3,(H,16,17). The van der Waals surface area contributed by atoms with Gasteiger partial charge < -0.3 is 19.5 Å². The Hall–Kier alpha value is -1.14. The van der Waals surface area contributed by atoms with Crippen LogP contribution in [-0.2, 0) is 19.1 Å². The normalized spacial score (nSPS) is 19.6. The van der Waals surface area contributed by atoms with Crippen LogP contribution in [0.4, 0.5) is 0 Å². The molecule has 1 unspecified atom stereocenters. The number of carbonyl (C=O) groups excluding carboxylic acids is 1. The van der Waals surface area contributed by atoms with E-state index in [0.717, 1.165) is 12.8 Å². The van der Waals surface area contributed by atoms with Crippen molar-refractivity contribution in [1.29, 1.82) is 0 Å². The van der Waals surface area contributed by atoms with Crippen LogP contribution in [-0.4, -0.2) is 60.4 Å². The van der Waals surface area contributed by atoms with Gasteiger partial charge in [-0.15, -0.1) is 0 Å². The molecule has 0 bridgehead atoms. The number of rotatable bonds is 7. The average molecular weight is 287 g/mol. The van der Waals surface area contributed by atoms with E-state index in [1.54, 1.807) is 7.11 Å². The predicted molar refractivity (Wildman–Crippen MR) is 73.5 cm³/mol. The van der Waals surface area contributed by atoms with Gasteiger partial charge in [-0.2, -0.15) is 0 Å². The molecule has 0 aliphatic carbocycles. The van der Waals surface area contributed by atoms with E-state index in [1.807, 2.05) is 18.7 Å². The zero-order valence-corrected chi connectivity index (χ0v) is 12.6. The van der Waals surface area contributed by atoms with Crippen LogP contribution in [0.3, 0.4) is 0 Å². The lowest BCUT2D eigenvalue weighted by molar-refractivity contribution is -0.156. The number of hydrogen-bond donors (Lipinski definition) is 1. The highest BCUT2D eigenvalue weighted by Crippen LogP contribution is 2.22. The van der Waals surface area contributed by atoms with Crippen LogP contribution in [0.1, 0.15) is 39.5 Å². The number of hydrogen-bond acceptors (Lipinski definition) is 4. The number of carboxylic acids is 1. The highest BCUT2D eigenvalue weighted by atomic mass is 16.5. The van der Waals surface area contributed by atoms with Gasteiger partial charge in [0.2, 0.25) is 0 Å². The van der Waals surface area contributed by atoms with Crippen molar-refractivity contribution in [3.63, 3.8) is 0 Å². The van der Waals surface area contributed by atoms with Crippen LogP contribution in [0, 0.1) is 0 Å². The summed E-state index contributed by atoms with van der Waals surface area (Å²) in [5.41, 5.74) is -0.753. The van der Waals surface area contributed by atoms with Crippen molar-refractivity contribution in [2.45, 2.75) is 51.2 Å². The van der Waals surface area contributed by atoms with Gasteiger partial charge >= 0.3 is 5.97 Å². The number of ether oxygens (including phenoxy) is 2. The van der Waals surface area contributed by atoms with E-state index >= 15 is 0 Å². The van der Waals surface area contributed by atoms with Gasteiger partial charge in [0.05, 0.1) is 19.1 Å².